The lowest BCUT2D eigenvalue weighted by Gasteiger charge is -2.09. The molecule has 0 atom stereocenters. The molecule has 1 heteroatoms. The van der Waals surface area contributed by atoms with Gasteiger partial charge in [0.25, 0.3) is 0 Å². The Morgan fingerprint density at radius 1 is 1.42 bits per heavy atom. The Morgan fingerprint density at radius 3 is 2.58 bits per heavy atom. The summed E-state index contributed by atoms with van der Waals surface area (Å²) in [5, 5.41) is 0. The van der Waals surface area contributed by atoms with Gasteiger partial charge in [-0.1, -0.05) is 32.9 Å². The van der Waals surface area contributed by atoms with Crippen LogP contribution >= 0.6 is 0 Å². The summed E-state index contributed by atoms with van der Waals surface area (Å²) in [6, 6.07) is 6.33. The maximum Gasteiger partial charge on any atom is 0.0346 e. The van der Waals surface area contributed by atoms with E-state index >= 15 is 0 Å². The van der Waals surface area contributed by atoms with Crippen molar-refractivity contribution in [3.63, 3.8) is 0 Å². The van der Waals surface area contributed by atoms with Crippen LogP contribution in [0.5, 0.6) is 0 Å². The van der Waals surface area contributed by atoms with Gasteiger partial charge in [0, 0.05) is 7.11 Å². The van der Waals surface area contributed by atoms with Gasteiger partial charge in [0.15, 0.2) is 0 Å². The third kappa shape index (κ3) is 1.79. The molecule has 2 N–H and O–H groups in total. The van der Waals surface area contributed by atoms with Gasteiger partial charge in [-0.25, -0.2) is 0 Å². The molecule has 1 aromatic rings. The Bertz CT molecular complexity index is 269. The highest BCUT2D eigenvalue weighted by atomic mass is 14.6. The van der Waals surface area contributed by atoms with Gasteiger partial charge in [0.1, 0.15) is 0 Å². The lowest BCUT2D eigenvalue weighted by molar-refractivity contribution is 0.863. The van der Waals surface area contributed by atoms with E-state index in [1.165, 1.54) is 11.1 Å². The van der Waals surface area contributed by atoms with E-state index in [1.807, 2.05) is 6.07 Å². The van der Waals surface area contributed by atoms with E-state index in [4.69, 9.17) is 5.73 Å². The van der Waals surface area contributed by atoms with Crippen molar-refractivity contribution < 1.29 is 1.43 Å². The summed E-state index contributed by atoms with van der Waals surface area (Å²) in [4.78, 5) is 0. The molecule has 1 nitrogen and oxygen atoms in total. The summed E-state index contributed by atoms with van der Waals surface area (Å²) in [6.45, 7) is 6.53. The molecule has 12 heavy (non-hydrogen) atoms. The molecular formula is C11H19N. The maximum atomic E-state index is 5.80. The number of rotatable bonds is 2. The van der Waals surface area contributed by atoms with Crippen LogP contribution in [0.15, 0.2) is 18.2 Å². The number of hydrogen-bond donors (Lipinski definition) is 1. The normalized spacial score (nSPS) is 10.7. The van der Waals surface area contributed by atoms with Crippen LogP contribution in [0.3, 0.4) is 0 Å². The molecule has 0 saturated heterocycles. The van der Waals surface area contributed by atoms with Gasteiger partial charge in [-0.2, -0.15) is 0 Å². The smallest absolute Gasteiger partial charge is 0.0346 e. The van der Waals surface area contributed by atoms with Gasteiger partial charge in [0.05, 0.1) is 0 Å². The minimum absolute atomic E-state index is 0. The average molecular weight is 165 g/mol. The fourth-order valence-corrected chi connectivity index (χ4v) is 1.29. The van der Waals surface area contributed by atoms with Gasteiger partial charge >= 0.3 is 0 Å². The average Bonchev–Trinajstić information content (AvgIpc) is 2.05. The molecule has 0 fully saturated rings. The second-order valence-corrected chi connectivity index (χ2v) is 3.47. The zero-order valence-corrected chi connectivity index (χ0v) is 8.09. The second-order valence-electron chi connectivity index (χ2n) is 3.47. The van der Waals surface area contributed by atoms with Crippen molar-refractivity contribution in [2.75, 3.05) is 5.73 Å². The maximum absolute atomic E-state index is 5.80. The minimum atomic E-state index is 0. The van der Waals surface area contributed by atoms with E-state index < -0.39 is 0 Å². The first-order valence-electron chi connectivity index (χ1n) is 4.53. The minimum Gasteiger partial charge on any atom is -0.399 e. The summed E-state index contributed by atoms with van der Waals surface area (Å²) in [5.74, 6) is 0.593. The van der Waals surface area contributed by atoms with Gasteiger partial charge in [0.2, 0.25) is 0 Å². The molecule has 0 spiro atoms. The molecular weight excluding hydrogens is 146 g/mol. The van der Waals surface area contributed by atoms with E-state index in [2.05, 4.69) is 32.9 Å². The first-order valence-corrected chi connectivity index (χ1v) is 4.53. The molecule has 0 radical (unpaired) electrons. The van der Waals surface area contributed by atoms with Gasteiger partial charge in [-0.05, 0) is 29.5 Å². The van der Waals surface area contributed by atoms with Crippen LogP contribution in [0.4, 0.5) is 5.69 Å². The van der Waals surface area contributed by atoms with Crippen LogP contribution in [0.1, 0.15) is 39.2 Å². The van der Waals surface area contributed by atoms with Crippen LogP contribution in [0, 0.1) is 0 Å². The predicted molar refractivity (Wildman–Crippen MR) is 56.4 cm³/mol. The molecule has 0 heterocycles. The fraction of sp³-hybridized carbons (Fsp3) is 0.455. The van der Waals surface area contributed by atoms with Crippen LogP contribution in [0.25, 0.3) is 0 Å². The lowest BCUT2D eigenvalue weighted by atomic mass is 9.99. The van der Waals surface area contributed by atoms with E-state index in [0.29, 0.717) is 5.92 Å². The monoisotopic (exact) mass is 165 g/mol. The van der Waals surface area contributed by atoms with Gasteiger partial charge < -0.3 is 5.73 Å². The Balaban J connectivity index is 0.00000144. The lowest BCUT2D eigenvalue weighted by Crippen LogP contribution is -1.95. The largest absolute Gasteiger partial charge is 0.399 e. The molecule has 0 aliphatic rings. The van der Waals surface area contributed by atoms with Crippen molar-refractivity contribution in [1.29, 1.82) is 0 Å². The van der Waals surface area contributed by atoms with Crippen LogP contribution in [-0.4, -0.2) is 0 Å². The number of nitrogens with two attached hydrogens (primary N) is 1. The fourth-order valence-electron chi connectivity index (χ4n) is 1.29. The molecule has 68 valence electrons. The van der Waals surface area contributed by atoms with Crippen molar-refractivity contribution in [2.45, 2.75) is 33.1 Å². The highest BCUT2D eigenvalue weighted by molar-refractivity contribution is 5.49. The van der Waals surface area contributed by atoms with Crippen molar-refractivity contribution in [1.82, 2.24) is 0 Å². The third-order valence-corrected chi connectivity index (χ3v) is 2.21. The topological polar surface area (TPSA) is 26.0 Å². The summed E-state index contributed by atoms with van der Waals surface area (Å²) < 4.78 is 0. The molecule has 0 unspecified atom stereocenters. The Labute approximate surface area is 76.1 Å². The van der Waals surface area contributed by atoms with Crippen molar-refractivity contribution in [3.05, 3.63) is 29.3 Å². The van der Waals surface area contributed by atoms with Crippen LogP contribution in [-0.2, 0) is 6.42 Å². The van der Waals surface area contributed by atoms with E-state index in [1.54, 1.807) is 0 Å². The Morgan fingerprint density at radius 2 is 2.08 bits per heavy atom. The van der Waals surface area contributed by atoms with Crippen molar-refractivity contribution in [2.24, 2.45) is 0 Å². The van der Waals surface area contributed by atoms with E-state index in [0.717, 1.165) is 12.1 Å². The van der Waals surface area contributed by atoms with Crippen molar-refractivity contribution >= 4 is 5.69 Å². The van der Waals surface area contributed by atoms with Gasteiger partial charge in [-0.3, -0.25) is 0 Å². The third-order valence-electron chi connectivity index (χ3n) is 2.21. The molecule has 0 aliphatic carbocycles. The first kappa shape index (κ1) is 9.11. The Hall–Kier alpha value is -0.980. The molecule has 1 aromatic carbocycles. The number of aryl methyl sites for hydroxylation is 1. The van der Waals surface area contributed by atoms with Crippen LogP contribution in [0.2, 0.25) is 0 Å². The summed E-state index contributed by atoms with van der Waals surface area (Å²) in [5.41, 5.74) is 9.36. The second kappa shape index (κ2) is 3.61. The molecule has 0 amide bonds. The number of anilines is 1. The SMILES string of the molecule is CCc1cc(C(C)C)ccc1N.[HH]. The van der Waals surface area contributed by atoms with Gasteiger partial charge in [-0.15, -0.1) is 0 Å². The number of benzene rings is 1. The molecule has 1 rings (SSSR count). The predicted octanol–water partition coefficient (Wildman–Crippen LogP) is 3.20. The Kier molecular flexibility index (Phi) is 2.74. The van der Waals surface area contributed by atoms with Crippen LogP contribution < -0.4 is 5.73 Å². The zero-order valence-electron chi connectivity index (χ0n) is 8.09. The molecule has 0 aliphatic heterocycles. The van der Waals surface area contributed by atoms with Crippen molar-refractivity contribution in [3.8, 4) is 0 Å². The molecule has 0 saturated carbocycles. The number of nitrogen functional groups attached to an aromatic ring is 1. The summed E-state index contributed by atoms with van der Waals surface area (Å²) in [6.07, 6.45) is 1.02. The first-order chi connectivity index (χ1) is 5.65. The number of hydrogen-bond acceptors (Lipinski definition) is 1. The highest BCUT2D eigenvalue weighted by Gasteiger charge is 2.01. The summed E-state index contributed by atoms with van der Waals surface area (Å²) >= 11 is 0. The van der Waals surface area contributed by atoms with E-state index in [9.17, 15) is 0 Å². The summed E-state index contributed by atoms with van der Waals surface area (Å²) in [7, 11) is 0. The molecule has 0 bridgehead atoms. The standard InChI is InChI=1S/C11H17N.H2/c1-4-9-7-10(8(2)3)5-6-11(9)12;/h5-8H,4,12H2,1-3H3;1H. The molecule has 0 aromatic heterocycles. The van der Waals surface area contributed by atoms with E-state index in [-0.39, 0.29) is 1.43 Å². The quantitative estimate of drug-likeness (QED) is 0.669. The highest BCUT2D eigenvalue weighted by Crippen LogP contribution is 2.20. The zero-order chi connectivity index (χ0) is 9.14.